The Labute approximate surface area is 111 Å². The summed E-state index contributed by atoms with van der Waals surface area (Å²) in [5.74, 6) is 1.85. The van der Waals surface area contributed by atoms with Crippen molar-refractivity contribution < 1.29 is 28.8 Å². The van der Waals surface area contributed by atoms with Crippen molar-refractivity contribution in [2.24, 2.45) is 0 Å². The lowest BCUT2D eigenvalue weighted by Gasteiger charge is -2.11. The minimum absolute atomic E-state index is 0.115. The van der Waals surface area contributed by atoms with Crippen LogP contribution >= 0.6 is 0 Å². The number of methoxy groups -OCH3 is 1. The number of rotatable bonds is 8. The van der Waals surface area contributed by atoms with E-state index in [0.717, 1.165) is 0 Å². The Morgan fingerprint density at radius 2 is 1.84 bits per heavy atom. The van der Waals surface area contributed by atoms with E-state index in [1.807, 2.05) is 0 Å². The fourth-order valence-electron chi connectivity index (χ4n) is 1.68. The molecule has 0 aromatic heterocycles. The van der Waals surface area contributed by atoms with E-state index in [-0.39, 0.29) is 13.4 Å². The molecule has 0 saturated carbocycles. The average molecular weight is 270 g/mol. The van der Waals surface area contributed by atoms with Gasteiger partial charge in [-0.25, -0.2) is 0 Å². The second-order valence-corrected chi connectivity index (χ2v) is 3.92. The zero-order valence-electron chi connectivity index (χ0n) is 10.9. The molecule has 0 aliphatic carbocycles. The summed E-state index contributed by atoms with van der Waals surface area (Å²) in [5.41, 5.74) is 0.668. The van der Waals surface area contributed by atoms with Crippen LogP contribution in [0.1, 0.15) is 5.56 Å². The van der Waals surface area contributed by atoms with Crippen molar-refractivity contribution in [2.45, 2.75) is 6.61 Å². The first kappa shape index (κ1) is 13.9. The molecule has 0 fully saturated rings. The Morgan fingerprint density at radius 3 is 2.58 bits per heavy atom. The molecular weight excluding hydrogens is 252 g/mol. The van der Waals surface area contributed by atoms with Gasteiger partial charge in [0.25, 0.3) is 0 Å². The maximum atomic E-state index is 9.30. The van der Waals surface area contributed by atoms with E-state index >= 15 is 0 Å². The van der Waals surface area contributed by atoms with Gasteiger partial charge in [0.2, 0.25) is 6.79 Å². The van der Waals surface area contributed by atoms with Crippen LogP contribution < -0.4 is 14.2 Å². The number of fused-ring (bicyclic) bond motifs is 1. The predicted octanol–water partition coefficient (Wildman–Crippen LogP) is 0.949. The van der Waals surface area contributed by atoms with Gasteiger partial charge in [0.05, 0.1) is 26.4 Å². The molecule has 0 radical (unpaired) electrons. The lowest BCUT2D eigenvalue weighted by Crippen LogP contribution is -2.10. The zero-order chi connectivity index (χ0) is 13.5. The topological polar surface area (TPSA) is 66.4 Å². The molecule has 1 aromatic carbocycles. The monoisotopic (exact) mass is 270 g/mol. The predicted molar refractivity (Wildman–Crippen MR) is 66.7 cm³/mol. The van der Waals surface area contributed by atoms with Crippen molar-refractivity contribution in [1.82, 2.24) is 0 Å². The molecule has 1 heterocycles. The van der Waals surface area contributed by atoms with Gasteiger partial charge >= 0.3 is 0 Å². The van der Waals surface area contributed by atoms with Gasteiger partial charge in [-0.05, 0) is 6.07 Å². The van der Waals surface area contributed by atoms with E-state index in [0.29, 0.717) is 49.2 Å². The van der Waals surface area contributed by atoms with Crippen LogP contribution in [0.25, 0.3) is 0 Å². The molecule has 0 amide bonds. The highest BCUT2D eigenvalue weighted by molar-refractivity contribution is 5.51. The van der Waals surface area contributed by atoms with Gasteiger partial charge in [-0.2, -0.15) is 0 Å². The molecule has 0 atom stereocenters. The highest BCUT2D eigenvalue weighted by atomic mass is 16.7. The van der Waals surface area contributed by atoms with Crippen LogP contribution in [0, 0.1) is 0 Å². The fourth-order valence-corrected chi connectivity index (χ4v) is 1.68. The summed E-state index contributed by atoms with van der Waals surface area (Å²) in [6, 6.07) is 3.45. The van der Waals surface area contributed by atoms with E-state index in [1.165, 1.54) is 0 Å². The number of hydrogen-bond donors (Lipinski definition) is 1. The van der Waals surface area contributed by atoms with E-state index in [1.54, 1.807) is 19.2 Å². The van der Waals surface area contributed by atoms with Crippen molar-refractivity contribution >= 4 is 0 Å². The van der Waals surface area contributed by atoms with Crippen LogP contribution in [0.5, 0.6) is 17.2 Å². The molecule has 6 heteroatoms. The molecule has 2 rings (SSSR count). The average Bonchev–Trinajstić information content (AvgIpc) is 2.88. The maximum absolute atomic E-state index is 9.30. The number of aliphatic hydroxyl groups excluding tert-OH is 1. The van der Waals surface area contributed by atoms with Gasteiger partial charge < -0.3 is 28.8 Å². The van der Waals surface area contributed by atoms with Crippen molar-refractivity contribution in [1.29, 1.82) is 0 Å². The molecule has 1 aromatic rings. The summed E-state index contributed by atoms with van der Waals surface area (Å²) < 4.78 is 26.2. The van der Waals surface area contributed by atoms with Gasteiger partial charge in [0, 0.05) is 18.7 Å². The van der Waals surface area contributed by atoms with Gasteiger partial charge in [0.15, 0.2) is 11.5 Å². The highest BCUT2D eigenvalue weighted by Crippen LogP contribution is 2.38. The van der Waals surface area contributed by atoms with E-state index < -0.39 is 0 Å². The first-order valence-corrected chi connectivity index (χ1v) is 6.08. The number of benzene rings is 1. The van der Waals surface area contributed by atoms with Gasteiger partial charge in [0.1, 0.15) is 12.4 Å². The van der Waals surface area contributed by atoms with Crippen LogP contribution in [0.3, 0.4) is 0 Å². The number of aliphatic hydroxyl groups is 1. The van der Waals surface area contributed by atoms with E-state index in [2.05, 4.69) is 0 Å². The van der Waals surface area contributed by atoms with E-state index in [9.17, 15) is 5.11 Å². The van der Waals surface area contributed by atoms with Gasteiger partial charge in [-0.3, -0.25) is 0 Å². The lowest BCUT2D eigenvalue weighted by molar-refractivity contribution is 0.0540. The first-order chi connectivity index (χ1) is 9.35. The summed E-state index contributed by atoms with van der Waals surface area (Å²) in [6.07, 6.45) is 0. The molecule has 6 nitrogen and oxygen atoms in total. The lowest BCUT2D eigenvalue weighted by atomic mass is 10.2. The second kappa shape index (κ2) is 7.18. The van der Waals surface area contributed by atoms with Crippen LogP contribution in [0.2, 0.25) is 0 Å². The third-order valence-electron chi connectivity index (χ3n) is 2.64. The maximum Gasteiger partial charge on any atom is 0.231 e. The molecule has 1 N–H and O–H groups in total. The van der Waals surface area contributed by atoms with Crippen LogP contribution in [0.4, 0.5) is 0 Å². The Kier molecular flexibility index (Phi) is 5.26. The third-order valence-corrected chi connectivity index (χ3v) is 2.64. The summed E-state index contributed by atoms with van der Waals surface area (Å²) >= 11 is 0. The number of hydrogen-bond acceptors (Lipinski definition) is 6. The van der Waals surface area contributed by atoms with Crippen LogP contribution in [-0.4, -0.2) is 45.4 Å². The first-order valence-electron chi connectivity index (χ1n) is 6.08. The SMILES string of the molecule is COCCOCCOc1cc2c(cc1CO)OCO2. The molecule has 106 valence electrons. The molecule has 0 bridgehead atoms. The Bertz CT molecular complexity index is 406. The zero-order valence-corrected chi connectivity index (χ0v) is 10.9. The summed E-state index contributed by atoms with van der Waals surface area (Å²) in [6.45, 7) is 2.04. The van der Waals surface area contributed by atoms with E-state index in [4.69, 9.17) is 23.7 Å². The van der Waals surface area contributed by atoms with Crippen molar-refractivity contribution in [3.05, 3.63) is 17.7 Å². The van der Waals surface area contributed by atoms with Crippen LogP contribution in [-0.2, 0) is 16.1 Å². The molecule has 1 aliphatic heterocycles. The smallest absolute Gasteiger partial charge is 0.231 e. The van der Waals surface area contributed by atoms with Crippen molar-refractivity contribution in [3.8, 4) is 17.2 Å². The molecule has 19 heavy (non-hydrogen) atoms. The molecule has 1 aliphatic rings. The summed E-state index contributed by atoms with van der Waals surface area (Å²) in [4.78, 5) is 0. The van der Waals surface area contributed by atoms with Crippen molar-refractivity contribution in [3.63, 3.8) is 0 Å². The molecule has 0 unspecified atom stereocenters. The fraction of sp³-hybridized carbons (Fsp3) is 0.538. The van der Waals surface area contributed by atoms with Crippen molar-refractivity contribution in [2.75, 3.05) is 40.3 Å². The third kappa shape index (κ3) is 3.73. The molecule has 0 spiro atoms. The Hall–Kier alpha value is -1.50. The normalized spacial score (nSPS) is 12.7. The molecular formula is C13H18O6. The largest absolute Gasteiger partial charge is 0.491 e. The minimum atomic E-state index is -0.115. The quantitative estimate of drug-likeness (QED) is 0.709. The van der Waals surface area contributed by atoms with Crippen LogP contribution in [0.15, 0.2) is 12.1 Å². The molecule has 0 saturated heterocycles. The number of ether oxygens (including phenoxy) is 5. The Morgan fingerprint density at radius 1 is 1.11 bits per heavy atom. The minimum Gasteiger partial charge on any atom is -0.491 e. The summed E-state index contributed by atoms with van der Waals surface area (Å²) in [7, 11) is 1.62. The van der Waals surface area contributed by atoms with Gasteiger partial charge in [-0.15, -0.1) is 0 Å². The standard InChI is InChI=1S/C13H18O6/c1-15-2-3-16-4-5-17-11-7-13-12(18-9-19-13)6-10(11)8-14/h6-7,14H,2-5,8-9H2,1H3. The van der Waals surface area contributed by atoms with Gasteiger partial charge in [-0.1, -0.05) is 0 Å². The second-order valence-electron chi connectivity index (χ2n) is 3.92. The highest BCUT2D eigenvalue weighted by Gasteiger charge is 2.17. The summed E-state index contributed by atoms with van der Waals surface area (Å²) in [5, 5.41) is 9.30. The Balaban J connectivity index is 1.85.